The van der Waals surface area contributed by atoms with E-state index in [9.17, 15) is 13.6 Å². The number of benzene rings is 1. The number of nitrogens with one attached hydrogen (secondary N) is 1. The Morgan fingerprint density at radius 1 is 1.09 bits per heavy atom. The molecular weight excluding hydrogens is 460 g/mol. The summed E-state index contributed by atoms with van der Waals surface area (Å²) in [5.74, 6) is 0.0330. The van der Waals surface area contributed by atoms with Crippen LogP contribution in [0.25, 0.3) is 17.0 Å². The summed E-state index contributed by atoms with van der Waals surface area (Å²) in [6, 6.07) is 6.84. The number of imidazole rings is 1. The minimum absolute atomic E-state index is 0.0384. The zero-order chi connectivity index (χ0) is 24.8. The smallest absolute Gasteiger partial charge is 0.296 e. The van der Waals surface area contributed by atoms with Gasteiger partial charge in [-0.25, -0.2) is 13.8 Å². The molecular formula is C22H29F2N9O2. The number of amides is 1. The summed E-state index contributed by atoms with van der Waals surface area (Å²) < 4.78 is 34.6. The van der Waals surface area contributed by atoms with Gasteiger partial charge in [0.1, 0.15) is 0 Å². The van der Waals surface area contributed by atoms with Crippen LogP contribution in [0.3, 0.4) is 0 Å². The van der Waals surface area contributed by atoms with Crippen LogP contribution >= 0.6 is 0 Å². The summed E-state index contributed by atoms with van der Waals surface area (Å²) in [4.78, 5) is 33.1. The van der Waals surface area contributed by atoms with Gasteiger partial charge in [-0.15, -0.1) is 0 Å². The fraction of sp³-hybridized carbons (Fsp3) is 0.500. The van der Waals surface area contributed by atoms with Gasteiger partial charge in [-0.3, -0.25) is 9.36 Å². The van der Waals surface area contributed by atoms with Gasteiger partial charge in [0.15, 0.2) is 5.82 Å². The van der Waals surface area contributed by atoms with Gasteiger partial charge in [0.2, 0.25) is 23.8 Å². The van der Waals surface area contributed by atoms with E-state index in [0.717, 1.165) is 6.42 Å². The van der Waals surface area contributed by atoms with E-state index in [4.69, 9.17) is 10.5 Å². The van der Waals surface area contributed by atoms with Crippen molar-refractivity contribution in [3.05, 3.63) is 30.1 Å². The Bertz CT molecular complexity index is 1150. The molecule has 0 unspecified atom stereocenters. The number of carbonyl (C=O) groups is 1. The number of carbonyl (C=O) groups excluding carboxylic acids is 1. The van der Waals surface area contributed by atoms with Crippen molar-refractivity contribution in [2.75, 3.05) is 62.7 Å². The van der Waals surface area contributed by atoms with Gasteiger partial charge in [0.25, 0.3) is 6.43 Å². The van der Waals surface area contributed by atoms with Crippen LogP contribution < -0.4 is 16.0 Å². The van der Waals surface area contributed by atoms with E-state index in [1.54, 1.807) is 29.2 Å². The molecule has 13 heteroatoms. The lowest BCUT2D eigenvalue weighted by Gasteiger charge is -2.34. The predicted octanol–water partition coefficient (Wildman–Crippen LogP) is 1.59. The molecule has 35 heavy (non-hydrogen) atoms. The van der Waals surface area contributed by atoms with Gasteiger partial charge in [-0.1, -0.05) is 19.1 Å². The molecule has 2 aromatic heterocycles. The number of hydrogen-bond donors (Lipinski definition) is 2. The summed E-state index contributed by atoms with van der Waals surface area (Å²) in [5.41, 5.74) is 6.36. The Kier molecular flexibility index (Phi) is 7.98. The quantitative estimate of drug-likeness (QED) is 0.408. The van der Waals surface area contributed by atoms with Crippen LogP contribution in [0, 0.1) is 0 Å². The normalized spacial score (nSPS) is 14.2. The number of alkyl halides is 2. The number of halogens is 2. The molecule has 1 aliphatic rings. The first-order chi connectivity index (χ1) is 17.0. The maximum atomic E-state index is 13.9. The molecule has 0 radical (unpaired) electrons. The maximum Gasteiger partial charge on any atom is 0.296 e. The number of para-hydroxylation sites is 2. The number of aromatic nitrogens is 5. The molecule has 0 saturated carbocycles. The van der Waals surface area contributed by atoms with Crippen LogP contribution in [-0.2, 0) is 9.53 Å². The molecule has 0 spiro atoms. The summed E-state index contributed by atoms with van der Waals surface area (Å²) in [6.45, 7) is 5.36. The SMILES string of the molecule is CCCOCCNc1nc(N2CCN(C(=O)CN)CC2)nc(-n2c(C(F)F)nc3ccccc32)n1. The van der Waals surface area contributed by atoms with Crippen LogP contribution in [0.15, 0.2) is 24.3 Å². The van der Waals surface area contributed by atoms with Gasteiger partial charge in [-0.2, -0.15) is 15.0 Å². The second kappa shape index (κ2) is 11.3. The van der Waals surface area contributed by atoms with E-state index in [2.05, 4.69) is 25.3 Å². The highest BCUT2D eigenvalue weighted by Gasteiger charge is 2.26. The molecule has 3 aromatic rings. The van der Waals surface area contributed by atoms with Crippen molar-refractivity contribution < 1.29 is 18.3 Å². The van der Waals surface area contributed by atoms with Gasteiger partial charge < -0.3 is 25.6 Å². The Hall–Kier alpha value is -3.45. The van der Waals surface area contributed by atoms with E-state index in [0.29, 0.717) is 62.9 Å². The van der Waals surface area contributed by atoms with E-state index < -0.39 is 12.2 Å². The molecule has 4 rings (SSSR count). The van der Waals surface area contributed by atoms with Crippen molar-refractivity contribution in [2.45, 2.75) is 19.8 Å². The average Bonchev–Trinajstić information content (AvgIpc) is 3.28. The van der Waals surface area contributed by atoms with Crippen LogP contribution in [0.5, 0.6) is 0 Å². The third-order valence-electron chi connectivity index (χ3n) is 5.56. The number of rotatable bonds is 10. The minimum atomic E-state index is -2.83. The molecule has 1 saturated heterocycles. The number of nitrogens with two attached hydrogens (primary N) is 1. The first-order valence-electron chi connectivity index (χ1n) is 11.6. The molecule has 11 nitrogen and oxygen atoms in total. The Balaban J connectivity index is 1.68. The summed E-state index contributed by atoms with van der Waals surface area (Å²) >= 11 is 0. The third kappa shape index (κ3) is 5.62. The zero-order valence-electron chi connectivity index (χ0n) is 19.5. The number of piperazine rings is 1. The molecule has 3 N–H and O–H groups in total. The fourth-order valence-electron chi connectivity index (χ4n) is 3.84. The highest BCUT2D eigenvalue weighted by molar-refractivity contribution is 5.78. The zero-order valence-corrected chi connectivity index (χ0v) is 19.5. The van der Waals surface area contributed by atoms with Crippen molar-refractivity contribution in [3.63, 3.8) is 0 Å². The van der Waals surface area contributed by atoms with Crippen molar-refractivity contribution in [2.24, 2.45) is 5.73 Å². The number of fused-ring (bicyclic) bond motifs is 1. The molecule has 1 amide bonds. The molecule has 1 fully saturated rings. The summed E-state index contributed by atoms with van der Waals surface area (Å²) in [5, 5.41) is 3.10. The molecule has 0 atom stereocenters. The lowest BCUT2D eigenvalue weighted by molar-refractivity contribution is -0.129. The molecule has 3 heterocycles. The molecule has 0 aliphatic carbocycles. The number of ether oxygens (including phenoxy) is 1. The van der Waals surface area contributed by atoms with Crippen LogP contribution in [0.1, 0.15) is 25.6 Å². The van der Waals surface area contributed by atoms with Crippen molar-refractivity contribution in [3.8, 4) is 5.95 Å². The number of hydrogen-bond acceptors (Lipinski definition) is 9. The number of nitrogens with zero attached hydrogens (tertiary/aromatic N) is 7. The third-order valence-corrected chi connectivity index (χ3v) is 5.56. The predicted molar refractivity (Wildman–Crippen MR) is 127 cm³/mol. The largest absolute Gasteiger partial charge is 0.380 e. The average molecular weight is 490 g/mol. The van der Waals surface area contributed by atoms with E-state index >= 15 is 0 Å². The Labute approximate surface area is 201 Å². The minimum Gasteiger partial charge on any atom is -0.380 e. The summed E-state index contributed by atoms with van der Waals surface area (Å²) in [7, 11) is 0. The molecule has 0 bridgehead atoms. The van der Waals surface area contributed by atoms with Crippen LogP contribution in [0.2, 0.25) is 0 Å². The van der Waals surface area contributed by atoms with Gasteiger partial charge in [-0.05, 0) is 18.6 Å². The lowest BCUT2D eigenvalue weighted by Crippen LogP contribution is -2.50. The van der Waals surface area contributed by atoms with Crippen molar-refractivity contribution in [1.29, 1.82) is 0 Å². The lowest BCUT2D eigenvalue weighted by atomic mass is 10.3. The summed E-state index contributed by atoms with van der Waals surface area (Å²) in [6.07, 6.45) is -1.92. The van der Waals surface area contributed by atoms with E-state index in [1.165, 1.54) is 4.57 Å². The van der Waals surface area contributed by atoms with Crippen molar-refractivity contribution in [1.82, 2.24) is 29.4 Å². The van der Waals surface area contributed by atoms with Gasteiger partial charge in [0.05, 0.1) is 24.2 Å². The highest BCUT2D eigenvalue weighted by Crippen LogP contribution is 2.27. The molecule has 188 valence electrons. The van der Waals surface area contributed by atoms with Crippen molar-refractivity contribution >= 4 is 28.8 Å². The monoisotopic (exact) mass is 489 g/mol. The maximum absolute atomic E-state index is 13.9. The molecule has 1 aromatic carbocycles. The van der Waals surface area contributed by atoms with E-state index in [-0.39, 0.29) is 24.3 Å². The first kappa shape index (κ1) is 24.7. The van der Waals surface area contributed by atoms with Gasteiger partial charge >= 0.3 is 0 Å². The van der Waals surface area contributed by atoms with E-state index in [1.807, 2.05) is 11.8 Å². The Morgan fingerprint density at radius 3 is 2.54 bits per heavy atom. The Morgan fingerprint density at radius 2 is 1.83 bits per heavy atom. The second-order valence-electron chi connectivity index (χ2n) is 7.96. The number of anilines is 2. The fourth-order valence-corrected chi connectivity index (χ4v) is 3.84. The van der Waals surface area contributed by atoms with Crippen LogP contribution in [0.4, 0.5) is 20.7 Å². The topological polar surface area (TPSA) is 127 Å². The van der Waals surface area contributed by atoms with Crippen LogP contribution in [-0.4, -0.2) is 87.8 Å². The standard InChI is InChI=1S/C22H29F2N9O2/c1-2-12-35-13-7-26-20-28-21(32-10-8-31(9-11-32)17(34)14-25)30-22(29-20)33-16-6-4-3-5-15(16)27-19(33)18(23)24/h3-6,18H,2,7-14,25H2,1H3,(H,26,28,29,30). The molecule has 1 aliphatic heterocycles. The first-order valence-corrected chi connectivity index (χ1v) is 11.6. The van der Waals surface area contributed by atoms with Gasteiger partial charge in [0, 0.05) is 39.3 Å². The highest BCUT2D eigenvalue weighted by atomic mass is 19.3. The second-order valence-corrected chi connectivity index (χ2v) is 7.96.